The minimum Gasteiger partial charge on any atom is -0.768 e. The van der Waals surface area contributed by atoms with Gasteiger partial charge >= 0.3 is 35.5 Å². The predicted molar refractivity (Wildman–Crippen MR) is 50.0 cm³/mol. The molecule has 0 aromatic heterocycles. The third kappa shape index (κ3) is 4.22. The molecule has 0 aliphatic carbocycles. The van der Waals surface area contributed by atoms with E-state index in [0.717, 1.165) is 0 Å². The Balaban J connectivity index is 0.00000196. The average molecular weight is 257 g/mol. The van der Waals surface area contributed by atoms with Crippen LogP contribution in [0.5, 0.6) is 0 Å². The minimum atomic E-state index is -2.41. The van der Waals surface area contributed by atoms with Crippen LogP contribution < -0.4 is 29.6 Å². The van der Waals surface area contributed by atoms with Gasteiger partial charge in [0, 0.05) is 9.92 Å². The fraction of sp³-hybridized carbons (Fsp3) is 0.125. The van der Waals surface area contributed by atoms with Crippen LogP contribution in [0.3, 0.4) is 0 Å². The molecule has 0 spiro atoms. The number of halogens is 1. The van der Waals surface area contributed by atoms with Crippen LogP contribution in [0.4, 0.5) is 0 Å². The number of esters is 1. The number of ether oxygens (including phenoxy) is 1. The second-order valence-electron chi connectivity index (χ2n) is 2.40. The number of carbonyl (C=O) groups is 1. The van der Waals surface area contributed by atoms with Crippen molar-refractivity contribution in [3.05, 3.63) is 28.8 Å². The Labute approximate surface area is 117 Å². The van der Waals surface area contributed by atoms with E-state index in [1.165, 1.54) is 25.3 Å². The summed E-state index contributed by atoms with van der Waals surface area (Å²) in [5.41, 5.74) is 0.110. The summed E-state index contributed by atoms with van der Waals surface area (Å²) in [5.74, 6) is -0.626. The van der Waals surface area contributed by atoms with Crippen LogP contribution in [0.2, 0.25) is 5.02 Å². The summed E-state index contributed by atoms with van der Waals surface area (Å²) in [7, 11) is 1.21. The van der Waals surface area contributed by atoms with Gasteiger partial charge in [-0.05, 0) is 29.3 Å². The zero-order valence-corrected chi connectivity index (χ0v) is 11.7. The molecule has 1 aromatic carbocycles. The van der Waals surface area contributed by atoms with Crippen molar-refractivity contribution >= 4 is 28.7 Å². The molecule has 0 saturated carbocycles. The molecule has 0 bridgehead atoms. The van der Waals surface area contributed by atoms with E-state index < -0.39 is 17.0 Å². The van der Waals surface area contributed by atoms with E-state index in [9.17, 15) is 13.6 Å². The number of hydrogen-bond donors (Lipinski definition) is 0. The molecule has 0 radical (unpaired) electrons. The maximum absolute atomic E-state index is 11.1. The van der Waals surface area contributed by atoms with Crippen molar-refractivity contribution in [2.75, 3.05) is 7.11 Å². The van der Waals surface area contributed by atoms with Crippen LogP contribution in [0.1, 0.15) is 10.4 Å². The van der Waals surface area contributed by atoms with Gasteiger partial charge in [0.1, 0.15) is 0 Å². The monoisotopic (exact) mass is 256 g/mol. The van der Waals surface area contributed by atoms with Crippen molar-refractivity contribution in [3.8, 4) is 0 Å². The van der Waals surface area contributed by atoms with Crippen LogP contribution in [0, 0.1) is 0 Å². The summed E-state index contributed by atoms with van der Waals surface area (Å²) in [6.45, 7) is 0. The van der Waals surface area contributed by atoms with Crippen molar-refractivity contribution in [1.29, 1.82) is 0 Å². The van der Waals surface area contributed by atoms with Crippen molar-refractivity contribution in [2.24, 2.45) is 0 Å². The number of benzene rings is 1. The van der Waals surface area contributed by atoms with Gasteiger partial charge in [0.25, 0.3) is 0 Å². The number of carbonyl (C=O) groups excluding carboxylic acids is 1. The molecule has 1 aromatic rings. The van der Waals surface area contributed by atoms with E-state index in [-0.39, 0.29) is 45.0 Å². The fourth-order valence-corrected chi connectivity index (χ4v) is 1.64. The SMILES string of the molecule is COC(=O)c1cc(Cl)cc(S(=O)[O-])c1.[Na+]. The summed E-state index contributed by atoms with van der Waals surface area (Å²) in [4.78, 5) is 11.0. The first-order valence-electron chi connectivity index (χ1n) is 3.52. The van der Waals surface area contributed by atoms with Crippen molar-refractivity contribution in [1.82, 2.24) is 0 Å². The minimum absolute atomic E-state index is 0. The van der Waals surface area contributed by atoms with Crippen LogP contribution in [0.15, 0.2) is 23.1 Å². The molecule has 0 aliphatic rings. The standard InChI is InChI=1S/C8H7ClO4S.Na/c1-13-8(10)5-2-6(9)4-7(3-5)14(11)12;/h2-4H,1H3,(H,11,12);/q;+1/p-1. The Morgan fingerprint density at radius 3 is 2.53 bits per heavy atom. The summed E-state index contributed by atoms with van der Waals surface area (Å²) in [6, 6.07) is 3.78. The van der Waals surface area contributed by atoms with E-state index in [1.807, 2.05) is 0 Å². The van der Waals surface area contributed by atoms with Crippen LogP contribution >= 0.6 is 11.6 Å². The molecular formula is C8H6ClNaO4S. The summed E-state index contributed by atoms with van der Waals surface area (Å²) in [6.07, 6.45) is 0. The normalized spacial score (nSPS) is 11.4. The molecule has 1 atom stereocenters. The van der Waals surface area contributed by atoms with Gasteiger partial charge in [0.05, 0.1) is 12.7 Å². The quantitative estimate of drug-likeness (QED) is 0.362. The molecule has 1 rings (SSSR count). The van der Waals surface area contributed by atoms with Crippen molar-refractivity contribution in [3.63, 3.8) is 0 Å². The molecule has 0 aliphatic heterocycles. The molecule has 7 heteroatoms. The zero-order chi connectivity index (χ0) is 10.7. The second-order valence-corrected chi connectivity index (χ2v) is 3.78. The molecule has 15 heavy (non-hydrogen) atoms. The third-order valence-corrected chi connectivity index (χ3v) is 2.32. The Morgan fingerprint density at radius 1 is 1.47 bits per heavy atom. The van der Waals surface area contributed by atoms with Crippen molar-refractivity contribution in [2.45, 2.75) is 4.90 Å². The zero-order valence-electron chi connectivity index (χ0n) is 8.15. The molecule has 76 valence electrons. The summed E-state index contributed by atoms with van der Waals surface area (Å²) < 4.78 is 25.6. The number of hydrogen-bond acceptors (Lipinski definition) is 4. The van der Waals surface area contributed by atoms with Gasteiger partial charge in [-0.1, -0.05) is 11.6 Å². The first-order valence-corrected chi connectivity index (χ1v) is 4.98. The maximum Gasteiger partial charge on any atom is 1.00 e. The third-order valence-electron chi connectivity index (χ3n) is 1.48. The van der Waals surface area contributed by atoms with Crippen LogP contribution in [-0.2, 0) is 15.8 Å². The molecule has 0 amide bonds. The Morgan fingerprint density at radius 2 is 2.07 bits per heavy atom. The molecule has 0 N–H and O–H groups in total. The van der Waals surface area contributed by atoms with E-state index in [4.69, 9.17) is 11.6 Å². The molecule has 0 fully saturated rings. The summed E-state index contributed by atoms with van der Waals surface area (Å²) >= 11 is 3.20. The predicted octanol–water partition coefficient (Wildman–Crippen LogP) is -1.63. The van der Waals surface area contributed by atoms with E-state index in [1.54, 1.807) is 0 Å². The van der Waals surface area contributed by atoms with Crippen LogP contribution in [0.25, 0.3) is 0 Å². The maximum atomic E-state index is 11.1. The Bertz CT molecular complexity index is 396. The van der Waals surface area contributed by atoms with Gasteiger partial charge in [0.2, 0.25) is 0 Å². The van der Waals surface area contributed by atoms with E-state index in [0.29, 0.717) is 0 Å². The van der Waals surface area contributed by atoms with Gasteiger partial charge in [0.15, 0.2) is 0 Å². The van der Waals surface area contributed by atoms with Gasteiger partial charge < -0.3 is 9.29 Å². The molecule has 4 nitrogen and oxygen atoms in total. The van der Waals surface area contributed by atoms with E-state index >= 15 is 0 Å². The average Bonchev–Trinajstić information content (AvgIpc) is 2.15. The molecule has 0 heterocycles. The van der Waals surface area contributed by atoms with E-state index in [2.05, 4.69) is 4.74 Å². The molecule has 0 saturated heterocycles. The topological polar surface area (TPSA) is 66.4 Å². The second kappa shape index (κ2) is 6.62. The van der Waals surface area contributed by atoms with Gasteiger partial charge in [-0.25, -0.2) is 4.79 Å². The number of methoxy groups -OCH3 is 1. The van der Waals surface area contributed by atoms with Gasteiger partial charge in [-0.15, -0.1) is 0 Å². The van der Waals surface area contributed by atoms with Gasteiger partial charge in [-0.2, -0.15) is 0 Å². The summed E-state index contributed by atoms with van der Waals surface area (Å²) in [5, 5.41) is 0.173. The number of rotatable bonds is 2. The fourth-order valence-electron chi connectivity index (χ4n) is 0.895. The van der Waals surface area contributed by atoms with Crippen molar-refractivity contribution < 1.29 is 47.9 Å². The molecule has 1 unspecified atom stereocenters. The van der Waals surface area contributed by atoms with Gasteiger partial charge in [-0.3, -0.25) is 4.21 Å². The molecular weight excluding hydrogens is 251 g/mol. The Kier molecular flexibility index (Phi) is 6.66. The largest absolute Gasteiger partial charge is 1.00 e. The smallest absolute Gasteiger partial charge is 0.768 e. The van der Waals surface area contributed by atoms with Crippen LogP contribution in [-0.4, -0.2) is 21.8 Å². The first kappa shape index (κ1) is 15.1. The first-order chi connectivity index (χ1) is 6.54. The Hall–Kier alpha value is 0.0900.